The van der Waals surface area contributed by atoms with Gasteiger partial charge < -0.3 is 9.80 Å². The molecule has 1 fully saturated rings. The van der Waals surface area contributed by atoms with Crippen LogP contribution < -0.4 is 0 Å². The summed E-state index contributed by atoms with van der Waals surface area (Å²) in [4.78, 5) is 4.74. The van der Waals surface area contributed by atoms with Gasteiger partial charge >= 0.3 is 0 Å². The summed E-state index contributed by atoms with van der Waals surface area (Å²) in [5.41, 5.74) is 0. The van der Waals surface area contributed by atoms with Crippen molar-refractivity contribution in [1.82, 2.24) is 9.80 Å². The average molecular weight is 156 g/mol. The van der Waals surface area contributed by atoms with E-state index in [9.17, 15) is 0 Å². The van der Waals surface area contributed by atoms with Crippen molar-refractivity contribution in [3.8, 4) is 0 Å². The number of rotatable bonds is 2. The molecule has 1 rings (SSSR count). The highest BCUT2D eigenvalue weighted by Crippen LogP contribution is 2.22. The molecule has 1 heterocycles. The highest BCUT2D eigenvalue weighted by atomic mass is 15.2. The maximum absolute atomic E-state index is 2.45. The van der Waals surface area contributed by atoms with E-state index in [1.165, 1.54) is 19.5 Å². The standard InChI is InChI=1S/C9H20N2/c1-8-9(7-10(2)3)5-6-11(8)4/h8-9H,5-7H2,1-4H3. The molecule has 0 aromatic carbocycles. The maximum Gasteiger partial charge on any atom is 0.0105 e. The largest absolute Gasteiger partial charge is 0.309 e. The summed E-state index contributed by atoms with van der Waals surface area (Å²) in [6, 6.07) is 0.775. The Morgan fingerprint density at radius 1 is 1.45 bits per heavy atom. The Morgan fingerprint density at radius 2 is 2.09 bits per heavy atom. The topological polar surface area (TPSA) is 6.48 Å². The maximum atomic E-state index is 2.45. The van der Waals surface area contributed by atoms with E-state index in [-0.39, 0.29) is 0 Å². The monoisotopic (exact) mass is 156 g/mol. The van der Waals surface area contributed by atoms with Crippen LogP contribution in [-0.4, -0.2) is 50.1 Å². The second kappa shape index (κ2) is 3.55. The van der Waals surface area contributed by atoms with Crippen LogP contribution in [0, 0.1) is 5.92 Å². The van der Waals surface area contributed by atoms with Gasteiger partial charge in [-0.2, -0.15) is 0 Å². The van der Waals surface area contributed by atoms with Crippen LogP contribution >= 0.6 is 0 Å². The normalized spacial score (nSPS) is 33.5. The molecule has 1 aliphatic rings. The van der Waals surface area contributed by atoms with Crippen LogP contribution in [0.3, 0.4) is 0 Å². The second-order valence-electron chi connectivity index (χ2n) is 4.03. The summed E-state index contributed by atoms with van der Waals surface area (Å²) >= 11 is 0. The molecular formula is C9H20N2. The Balaban J connectivity index is 2.36. The SMILES string of the molecule is CC1C(CN(C)C)CCN1C. The van der Waals surface area contributed by atoms with Gasteiger partial charge in [0.2, 0.25) is 0 Å². The fraction of sp³-hybridized carbons (Fsp3) is 1.00. The van der Waals surface area contributed by atoms with Crippen LogP contribution in [0.5, 0.6) is 0 Å². The minimum atomic E-state index is 0.775. The summed E-state index contributed by atoms with van der Waals surface area (Å²) in [7, 11) is 6.54. The highest BCUT2D eigenvalue weighted by molar-refractivity contribution is 4.82. The lowest BCUT2D eigenvalue weighted by Gasteiger charge is -2.22. The first-order chi connectivity index (χ1) is 5.11. The third kappa shape index (κ3) is 2.17. The summed E-state index contributed by atoms with van der Waals surface area (Å²) in [6.07, 6.45) is 1.37. The molecule has 0 aromatic heterocycles. The van der Waals surface area contributed by atoms with Gasteiger partial charge in [-0.25, -0.2) is 0 Å². The third-order valence-electron chi connectivity index (χ3n) is 2.83. The van der Waals surface area contributed by atoms with E-state index in [0.717, 1.165) is 12.0 Å². The van der Waals surface area contributed by atoms with Crippen molar-refractivity contribution in [2.45, 2.75) is 19.4 Å². The zero-order valence-electron chi connectivity index (χ0n) is 8.17. The van der Waals surface area contributed by atoms with Crippen LogP contribution in [0.1, 0.15) is 13.3 Å². The molecule has 1 aliphatic heterocycles. The van der Waals surface area contributed by atoms with Gasteiger partial charge in [-0.1, -0.05) is 0 Å². The molecule has 0 radical (unpaired) electrons. The average Bonchev–Trinajstić information content (AvgIpc) is 2.18. The molecule has 1 saturated heterocycles. The van der Waals surface area contributed by atoms with Crippen LogP contribution in [0.4, 0.5) is 0 Å². The van der Waals surface area contributed by atoms with Gasteiger partial charge in [0.05, 0.1) is 0 Å². The second-order valence-corrected chi connectivity index (χ2v) is 4.03. The molecule has 2 nitrogen and oxygen atoms in total. The highest BCUT2D eigenvalue weighted by Gasteiger charge is 2.27. The van der Waals surface area contributed by atoms with Crippen molar-refractivity contribution in [3.63, 3.8) is 0 Å². The Morgan fingerprint density at radius 3 is 2.45 bits per heavy atom. The third-order valence-corrected chi connectivity index (χ3v) is 2.83. The van der Waals surface area contributed by atoms with E-state index < -0.39 is 0 Å². The lowest BCUT2D eigenvalue weighted by molar-refractivity contribution is 0.249. The molecule has 11 heavy (non-hydrogen) atoms. The van der Waals surface area contributed by atoms with Crippen molar-refractivity contribution in [3.05, 3.63) is 0 Å². The lowest BCUT2D eigenvalue weighted by Crippen LogP contribution is -2.31. The molecule has 2 atom stereocenters. The van der Waals surface area contributed by atoms with Gasteiger partial charge in [-0.05, 0) is 47.0 Å². The van der Waals surface area contributed by atoms with E-state index >= 15 is 0 Å². The van der Waals surface area contributed by atoms with Crippen LogP contribution in [0.2, 0.25) is 0 Å². The quantitative estimate of drug-likeness (QED) is 0.586. The number of hydrogen-bond donors (Lipinski definition) is 0. The van der Waals surface area contributed by atoms with Crippen molar-refractivity contribution >= 4 is 0 Å². The van der Waals surface area contributed by atoms with Crippen LogP contribution in [-0.2, 0) is 0 Å². The molecule has 2 heteroatoms. The Bertz CT molecular complexity index is 123. The minimum absolute atomic E-state index is 0.775. The van der Waals surface area contributed by atoms with Gasteiger partial charge in [0.1, 0.15) is 0 Å². The summed E-state index contributed by atoms with van der Waals surface area (Å²) in [5.74, 6) is 0.884. The summed E-state index contributed by atoms with van der Waals surface area (Å²) in [5, 5.41) is 0. The van der Waals surface area contributed by atoms with Crippen molar-refractivity contribution in [2.24, 2.45) is 5.92 Å². The van der Waals surface area contributed by atoms with Crippen LogP contribution in [0.15, 0.2) is 0 Å². The van der Waals surface area contributed by atoms with Gasteiger partial charge in [0.15, 0.2) is 0 Å². The summed E-state index contributed by atoms with van der Waals surface area (Å²) in [6.45, 7) is 4.85. The van der Waals surface area contributed by atoms with E-state index in [1.807, 2.05) is 0 Å². The lowest BCUT2D eigenvalue weighted by atomic mass is 10.0. The Hall–Kier alpha value is -0.0800. The first-order valence-electron chi connectivity index (χ1n) is 4.46. The Labute approximate surface area is 70.2 Å². The predicted octanol–water partition coefficient (Wildman–Crippen LogP) is 0.888. The zero-order chi connectivity index (χ0) is 8.43. The van der Waals surface area contributed by atoms with E-state index in [1.54, 1.807) is 0 Å². The fourth-order valence-electron chi connectivity index (χ4n) is 1.89. The summed E-state index contributed by atoms with van der Waals surface area (Å²) < 4.78 is 0. The first-order valence-corrected chi connectivity index (χ1v) is 4.46. The molecule has 0 aliphatic carbocycles. The van der Waals surface area contributed by atoms with Gasteiger partial charge in [-0.3, -0.25) is 0 Å². The van der Waals surface area contributed by atoms with Crippen LogP contribution in [0.25, 0.3) is 0 Å². The van der Waals surface area contributed by atoms with Crippen molar-refractivity contribution in [1.29, 1.82) is 0 Å². The molecule has 66 valence electrons. The van der Waals surface area contributed by atoms with E-state index in [4.69, 9.17) is 0 Å². The molecule has 0 aromatic rings. The molecule has 0 spiro atoms. The van der Waals surface area contributed by atoms with Gasteiger partial charge in [0, 0.05) is 12.6 Å². The predicted molar refractivity (Wildman–Crippen MR) is 48.8 cm³/mol. The van der Waals surface area contributed by atoms with Crippen molar-refractivity contribution < 1.29 is 0 Å². The molecule has 0 amide bonds. The van der Waals surface area contributed by atoms with E-state index in [2.05, 4.69) is 37.9 Å². The molecule has 0 bridgehead atoms. The fourth-order valence-corrected chi connectivity index (χ4v) is 1.89. The van der Waals surface area contributed by atoms with Gasteiger partial charge in [0.25, 0.3) is 0 Å². The minimum Gasteiger partial charge on any atom is -0.309 e. The van der Waals surface area contributed by atoms with Crippen molar-refractivity contribution in [2.75, 3.05) is 34.2 Å². The number of hydrogen-bond acceptors (Lipinski definition) is 2. The molecular weight excluding hydrogens is 136 g/mol. The zero-order valence-corrected chi connectivity index (χ0v) is 8.17. The van der Waals surface area contributed by atoms with E-state index in [0.29, 0.717) is 0 Å². The first kappa shape index (κ1) is 9.01. The Kier molecular flexibility index (Phi) is 2.90. The molecule has 0 saturated carbocycles. The number of nitrogens with zero attached hydrogens (tertiary/aromatic N) is 2. The van der Waals surface area contributed by atoms with Gasteiger partial charge in [-0.15, -0.1) is 0 Å². The smallest absolute Gasteiger partial charge is 0.0105 e. The number of likely N-dealkylation sites (tertiary alicyclic amines) is 1. The molecule has 2 unspecified atom stereocenters. The molecule has 0 N–H and O–H groups in total.